The lowest BCUT2D eigenvalue weighted by Crippen LogP contribution is -2.32. The first-order chi connectivity index (χ1) is 7.49. The smallest absolute Gasteiger partial charge is 0.0758 e. The molecule has 3 N–H and O–H groups in total. The second-order valence-corrected chi connectivity index (χ2v) is 4.78. The lowest BCUT2D eigenvalue weighted by atomic mass is 9.89. The zero-order valence-corrected chi connectivity index (χ0v) is 12.1. The van der Waals surface area contributed by atoms with Gasteiger partial charge in [0.25, 0.3) is 0 Å². The predicted octanol–water partition coefficient (Wildman–Crippen LogP) is 3.48. The van der Waals surface area contributed by atoms with Crippen molar-refractivity contribution in [2.45, 2.75) is 39.3 Å². The quantitative estimate of drug-likeness (QED) is 0.885. The van der Waals surface area contributed by atoms with Crippen LogP contribution in [-0.4, -0.2) is 11.2 Å². The van der Waals surface area contributed by atoms with Gasteiger partial charge in [-0.1, -0.05) is 44.0 Å². The van der Waals surface area contributed by atoms with Crippen molar-refractivity contribution in [2.75, 3.05) is 0 Å². The third-order valence-electron chi connectivity index (χ3n) is 3.20. The van der Waals surface area contributed by atoms with Crippen molar-refractivity contribution in [2.24, 2.45) is 11.7 Å². The van der Waals surface area contributed by atoms with E-state index in [9.17, 15) is 5.11 Å². The van der Waals surface area contributed by atoms with Crippen molar-refractivity contribution in [3.8, 4) is 0 Å². The molecular formula is C13H21Cl2NO. The number of aliphatic hydroxyl groups is 1. The number of hydrogen-bond acceptors (Lipinski definition) is 2. The first-order valence-electron chi connectivity index (χ1n) is 5.67. The van der Waals surface area contributed by atoms with Crippen molar-refractivity contribution < 1.29 is 5.11 Å². The van der Waals surface area contributed by atoms with Gasteiger partial charge in [0.1, 0.15) is 0 Å². The molecule has 0 aliphatic carbocycles. The average molecular weight is 278 g/mol. The molecule has 0 saturated carbocycles. The van der Waals surface area contributed by atoms with Gasteiger partial charge in [-0.05, 0) is 30.0 Å². The summed E-state index contributed by atoms with van der Waals surface area (Å²) in [4.78, 5) is 0. The lowest BCUT2D eigenvalue weighted by Gasteiger charge is -2.26. The first-order valence-corrected chi connectivity index (χ1v) is 6.05. The molecule has 0 aromatic heterocycles. The van der Waals surface area contributed by atoms with Crippen molar-refractivity contribution in [1.82, 2.24) is 0 Å². The SMILES string of the molecule is CCC(C)[C@@H](O)[C@@H](N)c1c(C)cccc1Cl.Cl. The van der Waals surface area contributed by atoms with E-state index in [0.29, 0.717) is 5.02 Å². The van der Waals surface area contributed by atoms with Crippen LogP contribution in [0.4, 0.5) is 0 Å². The van der Waals surface area contributed by atoms with Crippen LogP contribution in [0.3, 0.4) is 0 Å². The Morgan fingerprint density at radius 2 is 2.00 bits per heavy atom. The van der Waals surface area contributed by atoms with Crippen LogP contribution in [0.2, 0.25) is 5.02 Å². The van der Waals surface area contributed by atoms with Gasteiger partial charge in [-0.3, -0.25) is 0 Å². The summed E-state index contributed by atoms with van der Waals surface area (Å²) in [7, 11) is 0. The molecule has 98 valence electrons. The lowest BCUT2D eigenvalue weighted by molar-refractivity contribution is 0.0878. The second-order valence-electron chi connectivity index (χ2n) is 4.37. The first kappa shape index (κ1) is 16.7. The van der Waals surface area contributed by atoms with Crippen LogP contribution in [0.1, 0.15) is 37.4 Å². The summed E-state index contributed by atoms with van der Waals surface area (Å²) >= 11 is 6.13. The van der Waals surface area contributed by atoms with Crippen LogP contribution >= 0.6 is 24.0 Å². The highest BCUT2D eigenvalue weighted by atomic mass is 35.5. The maximum atomic E-state index is 10.1. The highest BCUT2D eigenvalue weighted by molar-refractivity contribution is 6.31. The second kappa shape index (κ2) is 7.22. The highest BCUT2D eigenvalue weighted by Crippen LogP contribution is 2.29. The van der Waals surface area contributed by atoms with Crippen molar-refractivity contribution >= 4 is 24.0 Å². The van der Waals surface area contributed by atoms with Crippen LogP contribution in [0.25, 0.3) is 0 Å². The number of benzene rings is 1. The van der Waals surface area contributed by atoms with Gasteiger partial charge in [0, 0.05) is 5.02 Å². The minimum absolute atomic E-state index is 0. The molecule has 0 aliphatic rings. The fourth-order valence-electron chi connectivity index (χ4n) is 1.83. The number of aryl methyl sites for hydroxylation is 1. The fraction of sp³-hybridized carbons (Fsp3) is 0.538. The van der Waals surface area contributed by atoms with E-state index in [1.165, 1.54) is 0 Å². The summed E-state index contributed by atoms with van der Waals surface area (Å²) < 4.78 is 0. The molecule has 0 saturated heterocycles. The summed E-state index contributed by atoms with van der Waals surface area (Å²) in [5.41, 5.74) is 7.97. The van der Waals surface area contributed by atoms with Gasteiger partial charge in [0.2, 0.25) is 0 Å². The molecule has 4 heteroatoms. The Morgan fingerprint density at radius 1 is 1.41 bits per heavy atom. The molecule has 17 heavy (non-hydrogen) atoms. The summed E-state index contributed by atoms with van der Waals surface area (Å²) in [6.45, 7) is 6.00. The Hall–Kier alpha value is -0.280. The van der Waals surface area contributed by atoms with Gasteiger partial charge >= 0.3 is 0 Å². The Kier molecular flexibility index (Phi) is 7.10. The molecule has 1 unspecified atom stereocenters. The standard InChI is InChI=1S/C13H20ClNO.ClH/c1-4-8(2)13(16)12(15)11-9(3)6-5-7-10(11)14;/h5-8,12-13,16H,4,15H2,1-3H3;1H/t8?,12-,13+;/m0./s1. The van der Waals surface area contributed by atoms with E-state index in [2.05, 4.69) is 0 Å². The largest absolute Gasteiger partial charge is 0.391 e. The number of rotatable bonds is 4. The van der Waals surface area contributed by atoms with Crippen LogP contribution in [0.15, 0.2) is 18.2 Å². The molecule has 0 fully saturated rings. The molecule has 0 bridgehead atoms. The van der Waals surface area contributed by atoms with E-state index in [0.717, 1.165) is 17.5 Å². The molecule has 1 rings (SSSR count). The van der Waals surface area contributed by atoms with Gasteiger partial charge in [0.05, 0.1) is 12.1 Å². The predicted molar refractivity (Wildman–Crippen MR) is 75.8 cm³/mol. The van der Waals surface area contributed by atoms with E-state index >= 15 is 0 Å². The van der Waals surface area contributed by atoms with Crippen LogP contribution in [0.5, 0.6) is 0 Å². The van der Waals surface area contributed by atoms with E-state index in [4.69, 9.17) is 17.3 Å². The molecule has 0 amide bonds. The summed E-state index contributed by atoms with van der Waals surface area (Å²) in [5, 5.41) is 10.7. The molecule has 1 aromatic rings. The topological polar surface area (TPSA) is 46.2 Å². The maximum absolute atomic E-state index is 10.1. The maximum Gasteiger partial charge on any atom is 0.0758 e. The van der Waals surface area contributed by atoms with Crippen molar-refractivity contribution in [1.29, 1.82) is 0 Å². The number of nitrogens with two attached hydrogens (primary N) is 1. The summed E-state index contributed by atoms with van der Waals surface area (Å²) in [6.07, 6.45) is 0.349. The average Bonchev–Trinajstić information content (AvgIpc) is 2.26. The Morgan fingerprint density at radius 3 is 2.47 bits per heavy atom. The van der Waals surface area contributed by atoms with Crippen molar-refractivity contribution in [3.05, 3.63) is 34.3 Å². The Labute approximate surface area is 115 Å². The van der Waals surface area contributed by atoms with Gasteiger partial charge in [0.15, 0.2) is 0 Å². The molecule has 0 aliphatic heterocycles. The van der Waals surface area contributed by atoms with Crippen LogP contribution in [0, 0.1) is 12.8 Å². The normalized spacial score (nSPS) is 15.9. The van der Waals surface area contributed by atoms with Gasteiger partial charge < -0.3 is 10.8 Å². The zero-order chi connectivity index (χ0) is 12.3. The van der Waals surface area contributed by atoms with E-state index < -0.39 is 12.1 Å². The Balaban J connectivity index is 0.00000256. The third-order valence-corrected chi connectivity index (χ3v) is 3.53. The van der Waals surface area contributed by atoms with Gasteiger partial charge in [-0.25, -0.2) is 0 Å². The highest BCUT2D eigenvalue weighted by Gasteiger charge is 2.24. The minimum atomic E-state index is -0.552. The summed E-state index contributed by atoms with van der Waals surface area (Å²) in [5.74, 6) is 0.172. The molecule has 2 nitrogen and oxygen atoms in total. The van der Waals surface area contributed by atoms with Gasteiger partial charge in [-0.15, -0.1) is 12.4 Å². The van der Waals surface area contributed by atoms with E-state index in [1.54, 1.807) is 0 Å². The Bertz CT molecular complexity index is 337. The van der Waals surface area contributed by atoms with Crippen molar-refractivity contribution in [3.63, 3.8) is 0 Å². The number of aliphatic hydroxyl groups excluding tert-OH is 1. The van der Waals surface area contributed by atoms with Gasteiger partial charge in [-0.2, -0.15) is 0 Å². The van der Waals surface area contributed by atoms with Crippen LogP contribution in [-0.2, 0) is 0 Å². The summed E-state index contributed by atoms with van der Waals surface area (Å²) in [6, 6.07) is 5.25. The molecule has 1 aromatic carbocycles. The minimum Gasteiger partial charge on any atom is -0.391 e. The monoisotopic (exact) mass is 277 g/mol. The molecular weight excluding hydrogens is 257 g/mol. The molecule has 0 heterocycles. The number of hydrogen-bond donors (Lipinski definition) is 2. The zero-order valence-electron chi connectivity index (χ0n) is 10.5. The van der Waals surface area contributed by atoms with E-state index in [1.807, 2.05) is 39.0 Å². The number of halogens is 2. The third kappa shape index (κ3) is 3.85. The molecule has 0 spiro atoms. The molecule has 0 radical (unpaired) electrons. The molecule has 3 atom stereocenters. The van der Waals surface area contributed by atoms with E-state index in [-0.39, 0.29) is 18.3 Å². The van der Waals surface area contributed by atoms with Crippen LogP contribution < -0.4 is 5.73 Å². The fourth-order valence-corrected chi connectivity index (χ4v) is 2.18.